The second kappa shape index (κ2) is 8.63. The van der Waals surface area contributed by atoms with Gasteiger partial charge in [-0.3, -0.25) is 14.5 Å². The summed E-state index contributed by atoms with van der Waals surface area (Å²) in [7, 11) is 0. The third-order valence-corrected chi connectivity index (χ3v) is 7.57. The van der Waals surface area contributed by atoms with E-state index in [1.54, 1.807) is 13.0 Å². The maximum absolute atomic E-state index is 13.3. The van der Waals surface area contributed by atoms with Crippen molar-refractivity contribution in [2.75, 3.05) is 5.75 Å². The summed E-state index contributed by atoms with van der Waals surface area (Å²) in [6.45, 7) is 1.68. The van der Waals surface area contributed by atoms with Gasteiger partial charge in [0.1, 0.15) is 11.4 Å². The largest absolute Gasteiger partial charge is 1.00 e. The fourth-order valence-electron chi connectivity index (χ4n) is 4.45. The number of nitrogens with zero attached hydrogens (tertiary/aromatic N) is 1. The van der Waals surface area contributed by atoms with Crippen LogP contribution in [0.4, 0.5) is 0 Å². The Labute approximate surface area is 200 Å². The van der Waals surface area contributed by atoms with Crippen LogP contribution in [-0.2, 0) is 19.8 Å². The Kier molecular flexibility index (Phi) is 6.75. The normalized spacial score (nSPS) is 25.0. The molecule has 1 aromatic rings. The molecule has 0 unspecified atom stereocenters. The first-order chi connectivity index (χ1) is 13.3. The van der Waals surface area contributed by atoms with Gasteiger partial charge in [0.15, 0.2) is 0 Å². The van der Waals surface area contributed by atoms with Crippen LogP contribution in [0.5, 0.6) is 0 Å². The summed E-state index contributed by atoms with van der Waals surface area (Å²) >= 11 is 7.60. The molecule has 6 nitrogen and oxygen atoms in total. The van der Waals surface area contributed by atoms with Crippen molar-refractivity contribution in [3.8, 4) is 0 Å². The van der Waals surface area contributed by atoms with Crippen molar-refractivity contribution in [2.45, 2.75) is 49.4 Å². The van der Waals surface area contributed by atoms with Gasteiger partial charge in [0, 0.05) is 10.8 Å². The van der Waals surface area contributed by atoms with Crippen molar-refractivity contribution in [2.24, 2.45) is 0 Å². The molecule has 1 N–H and O–H groups in total. The van der Waals surface area contributed by atoms with E-state index in [9.17, 15) is 19.5 Å². The summed E-state index contributed by atoms with van der Waals surface area (Å²) in [5.74, 6) is -1.45. The molecule has 148 valence electrons. The maximum Gasteiger partial charge on any atom is 1.00 e. The second-order valence-corrected chi connectivity index (χ2v) is 9.12. The van der Waals surface area contributed by atoms with Gasteiger partial charge in [-0.15, -0.1) is 11.8 Å². The third kappa shape index (κ3) is 3.76. The van der Waals surface area contributed by atoms with Gasteiger partial charge in [-0.25, -0.2) is 0 Å². The Morgan fingerprint density at radius 3 is 2.62 bits per heavy atom. The maximum atomic E-state index is 13.3. The number of thioether (sulfide) groups is 1. The topological polar surface area (TPSA) is 89.5 Å². The molecular weight excluding hydrogens is 423 g/mol. The number of carboxylic acid groups (broad SMARTS) is 1. The number of amides is 2. The van der Waals surface area contributed by atoms with E-state index in [0.29, 0.717) is 29.2 Å². The predicted molar refractivity (Wildman–Crippen MR) is 104 cm³/mol. The van der Waals surface area contributed by atoms with E-state index in [4.69, 9.17) is 11.6 Å². The average molecular weight is 443 g/mol. The first kappa shape index (κ1) is 22.7. The smallest absolute Gasteiger partial charge is 0.543 e. The number of fused-ring (bicyclic) bond motifs is 1. The zero-order valence-corrected chi connectivity index (χ0v) is 19.9. The summed E-state index contributed by atoms with van der Waals surface area (Å²) in [6, 6.07) is 6.60. The molecule has 0 bridgehead atoms. The SMILES string of the molecule is CC1=C(C(=O)[O-])N2C(=O)[C@H](NC(=O)C3(c4cccc(Cl)c4)CCCC3)[C@H]2SC1.[Na+]. The monoisotopic (exact) mass is 442 g/mol. The van der Waals surface area contributed by atoms with E-state index in [1.165, 1.54) is 16.7 Å². The van der Waals surface area contributed by atoms with Gasteiger partial charge < -0.3 is 15.2 Å². The van der Waals surface area contributed by atoms with Crippen LogP contribution < -0.4 is 40.0 Å². The van der Waals surface area contributed by atoms with Gasteiger partial charge in [-0.1, -0.05) is 36.6 Å². The van der Waals surface area contributed by atoms with Crippen molar-refractivity contribution < 1.29 is 49.0 Å². The summed E-state index contributed by atoms with van der Waals surface area (Å²) in [4.78, 5) is 38.6. The number of nitrogens with one attached hydrogen (secondary N) is 1. The van der Waals surface area contributed by atoms with Crippen LogP contribution in [0.2, 0.25) is 5.02 Å². The van der Waals surface area contributed by atoms with E-state index >= 15 is 0 Å². The molecule has 9 heteroatoms. The van der Waals surface area contributed by atoms with Crippen LogP contribution in [-0.4, -0.2) is 39.9 Å². The molecule has 1 aliphatic carbocycles. The van der Waals surface area contributed by atoms with Crippen LogP contribution >= 0.6 is 23.4 Å². The van der Waals surface area contributed by atoms with Crippen LogP contribution in [0.1, 0.15) is 38.2 Å². The van der Waals surface area contributed by atoms with Crippen molar-refractivity contribution in [3.63, 3.8) is 0 Å². The minimum absolute atomic E-state index is 0. The zero-order chi connectivity index (χ0) is 20.1. The molecule has 0 spiro atoms. The first-order valence-electron chi connectivity index (χ1n) is 9.28. The van der Waals surface area contributed by atoms with Gasteiger partial charge in [-0.2, -0.15) is 0 Å². The minimum atomic E-state index is -1.35. The Bertz CT molecular complexity index is 900. The quantitative estimate of drug-likeness (QED) is 0.456. The molecule has 1 saturated heterocycles. The molecule has 2 aliphatic heterocycles. The first-order valence-corrected chi connectivity index (χ1v) is 10.7. The molecule has 1 saturated carbocycles. The van der Waals surface area contributed by atoms with E-state index < -0.39 is 28.7 Å². The predicted octanol–water partition coefficient (Wildman–Crippen LogP) is -1.42. The molecule has 29 heavy (non-hydrogen) atoms. The summed E-state index contributed by atoms with van der Waals surface area (Å²) < 4.78 is 0. The number of hydrogen-bond acceptors (Lipinski definition) is 5. The number of hydrogen-bond donors (Lipinski definition) is 1. The van der Waals surface area contributed by atoms with Crippen molar-refractivity contribution in [1.82, 2.24) is 10.2 Å². The van der Waals surface area contributed by atoms with Gasteiger partial charge in [0.05, 0.1) is 17.1 Å². The van der Waals surface area contributed by atoms with E-state index in [-0.39, 0.29) is 41.2 Å². The summed E-state index contributed by atoms with van der Waals surface area (Å²) in [5, 5.41) is 14.5. The fourth-order valence-corrected chi connectivity index (χ4v) is 5.94. The van der Waals surface area contributed by atoms with Crippen molar-refractivity contribution >= 4 is 41.1 Å². The van der Waals surface area contributed by atoms with E-state index in [0.717, 1.165) is 18.4 Å². The van der Waals surface area contributed by atoms with Crippen LogP contribution in [0, 0.1) is 0 Å². The van der Waals surface area contributed by atoms with Gasteiger partial charge in [-0.05, 0) is 43.0 Å². The number of carboxylic acids is 1. The number of carbonyl (C=O) groups is 3. The molecule has 0 radical (unpaired) electrons. The van der Waals surface area contributed by atoms with E-state index in [1.807, 2.05) is 18.2 Å². The van der Waals surface area contributed by atoms with Crippen LogP contribution in [0.15, 0.2) is 35.5 Å². The molecule has 4 rings (SSSR count). The Morgan fingerprint density at radius 1 is 1.31 bits per heavy atom. The molecule has 2 atom stereocenters. The number of carbonyl (C=O) groups excluding carboxylic acids is 3. The number of aliphatic carboxylic acids is 1. The second-order valence-electron chi connectivity index (χ2n) is 7.58. The van der Waals surface area contributed by atoms with Crippen molar-refractivity contribution in [1.29, 1.82) is 0 Å². The Hall–Kier alpha value is -0.990. The fraction of sp³-hybridized carbons (Fsp3) is 0.450. The van der Waals surface area contributed by atoms with Crippen molar-refractivity contribution in [3.05, 3.63) is 46.1 Å². The molecule has 0 aromatic heterocycles. The van der Waals surface area contributed by atoms with Gasteiger partial charge >= 0.3 is 29.6 Å². The molecule has 2 amide bonds. The molecule has 2 heterocycles. The van der Waals surface area contributed by atoms with Crippen LogP contribution in [0.25, 0.3) is 0 Å². The van der Waals surface area contributed by atoms with Gasteiger partial charge in [0.2, 0.25) is 5.91 Å². The molecule has 3 aliphatic rings. The summed E-state index contributed by atoms with van der Waals surface area (Å²) in [6.07, 6.45) is 3.26. The standard InChI is InChI=1S/C20H21ClN2O4S.Na/c1-11-10-28-17-14(16(24)23(17)15(11)18(25)26)22-19(27)20(7-2-3-8-20)12-5-4-6-13(21)9-12;/h4-6,9,14,17H,2-3,7-8,10H2,1H3,(H,22,27)(H,25,26);/q;+1/p-1/t14-,17+;/m0./s1. The molecular formula is C20H20ClN2NaO4S. The van der Waals surface area contributed by atoms with E-state index in [2.05, 4.69) is 5.32 Å². The third-order valence-electron chi connectivity index (χ3n) is 5.91. The molecule has 1 aromatic carbocycles. The minimum Gasteiger partial charge on any atom is -0.543 e. The van der Waals surface area contributed by atoms with Crippen LogP contribution in [0.3, 0.4) is 0 Å². The Morgan fingerprint density at radius 2 is 2.00 bits per heavy atom. The number of rotatable bonds is 4. The average Bonchev–Trinajstić information content (AvgIpc) is 3.16. The number of β-lactam (4-membered cyclic amide) rings is 1. The molecule has 2 fully saturated rings. The Balaban J connectivity index is 0.00000240. The summed E-state index contributed by atoms with van der Waals surface area (Å²) in [5.41, 5.74) is 0.699. The number of halogens is 1. The van der Waals surface area contributed by atoms with Gasteiger partial charge in [0.25, 0.3) is 5.91 Å². The number of benzene rings is 1. The zero-order valence-electron chi connectivity index (χ0n) is 16.4.